The Balaban J connectivity index is 1.96. The molecule has 0 spiro atoms. The Morgan fingerprint density at radius 2 is 2.09 bits per heavy atom. The zero-order valence-electron chi connectivity index (χ0n) is 11.9. The van der Waals surface area contributed by atoms with E-state index in [1.165, 1.54) is 30.0 Å². The van der Waals surface area contributed by atoms with Crippen LogP contribution >= 0.6 is 11.8 Å². The fraction of sp³-hybridized carbons (Fsp3) is 0.133. The Hall–Kier alpha value is -2.54. The number of rotatable bonds is 5. The molecule has 1 amide bonds. The molecule has 0 aliphatic heterocycles. The molecule has 3 N–H and O–H groups in total. The normalized spacial score (nSPS) is 10.2. The molecule has 0 atom stereocenters. The number of carbonyl (C=O) groups excluding carboxylic acids is 1. The Morgan fingerprint density at radius 1 is 1.32 bits per heavy atom. The molecule has 0 saturated carbocycles. The molecule has 0 unspecified atom stereocenters. The molecule has 2 aromatic rings. The summed E-state index contributed by atoms with van der Waals surface area (Å²) in [7, 11) is 0. The van der Waals surface area contributed by atoms with Crippen LogP contribution in [0.25, 0.3) is 0 Å². The van der Waals surface area contributed by atoms with Gasteiger partial charge in [-0.2, -0.15) is 0 Å². The lowest BCUT2D eigenvalue weighted by Gasteiger charge is -2.08. The Kier molecular flexibility index (Phi) is 5.00. The Bertz CT molecular complexity index is 719. The maximum absolute atomic E-state index is 11.9. The minimum Gasteiger partial charge on any atom is -0.399 e. The maximum atomic E-state index is 11.9. The van der Waals surface area contributed by atoms with Crippen molar-refractivity contribution in [3.63, 3.8) is 0 Å². The maximum Gasteiger partial charge on any atom is 0.269 e. The van der Waals surface area contributed by atoms with E-state index in [-0.39, 0.29) is 17.3 Å². The summed E-state index contributed by atoms with van der Waals surface area (Å²) in [5.74, 6) is 0.0595. The van der Waals surface area contributed by atoms with Crippen molar-refractivity contribution < 1.29 is 9.72 Å². The summed E-state index contributed by atoms with van der Waals surface area (Å²) in [6.45, 7) is 1.72. The van der Waals surface area contributed by atoms with Gasteiger partial charge in [0.05, 0.1) is 10.7 Å². The van der Waals surface area contributed by atoms with E-state index in [0.717, 1.165) is 4.90 Å². The van der Waals surface area contributed by atoms with E-state index in [4.69, 9.17) is 5.73 Å². The van der Waals surface area contributed by atoms with Gasteiger partial charge >= 0.3 is 0 Å². The Labute approximate surface area is 131 Å². The number of hydrogen-bond donors (Lipinski definition) is 2. The van der Waals surface area contributed by atoms with Gasteiger partial charge < -0.3 is 11.1 Å². The van der Waals surface area contributed by atoms with Gasteiger partial charge in [0.1, 0.15) is 0 Å². The summed E-state index contributed by atoms with van der Waals surface area (Å²) in [5, 5.41) is 13.4. The van der Waals surface area contributed by atoms with Crippen LogP contribution in [0.2, 0.25) is 0 Å². The molecule has 0 aliphatic carbocycles. The molecule has 114 valence electrons. The second-order valence-electron chi connectivity index (χ2n) is 4.67. The monoisotopic (exact) mass is 317 g/mol. The SMILES string of the molecule is Cc1cc([N+](=O)[O-])ccc1NC(=O)CSc1cccc(N)c1. The first-order valence-electron chi connectivity index (χ1n) is 6.49. The summed E-state index contributed by atoms with van der Waals surface area (Å²) < 4.78 is 0. The number of nitrogen functional groups attached to an aromatic ring is 1. The first kappa shape index (κ1) is 15.8. The average molecular weight is 317 g/mol. The number of non-ortho nitro benzene ring substituents is 1. The van der Waals surface area contributed by atoms with Crippen LogP contribution in [0.15, 0.2) is 47.4 Å². The molecule has 0 fully saturated rings. The molecule has 0 aliphatic rings. The number of benzene rings is 2. The summed E-state index contributed by atoms with van der Waals surface area (Å²) in [5.41, 5.74) is 7.55. The van der Waals surface area contributed by atoms with Gasteiger partial charge in [-0.3, -0.25) is 14.9 Å². The highest BCUT2D eigenvalue weighted by atomic mass is 32.2. The molecule has 7 heteroatoms. The van der Waals surface area contributed by atoms with Gasteiger partial charge in [-0.05, 0) is 36.8 Å². The van der Waals surface area contributed by atoms with Crippen LogP contribution in [0.1, 0.15) is 5.56 Å². The quantitative estimate of drug-likeness (QED) is 0.382. The highest BCUT2D eigenvalue weighted by molar-refractivity contribution is 8.00. The summed E-state index contributed by atoms with van der Waals surface area (Å²) in [6, 6.07) is 11.6. The molecule has 0 bridgehead atoms. The molecule has 2 aromatic carbocycles. The lowest BCUT2D eigenvalue weighted by atomic mass is 10.2. The summed E-state index contributed by atoms with van der Waals surface area (Å²) in [6.07, 6.45) is 0. The molecule has 0 radical (unpaired) electrons. The van der Waals surface area contributed by atoms with Crippen LogP contribution in [-0.2, 0) is 4.79 Å². The number of thioether (sulfide) groups is 1. The molecular weight excluding hydrogens is 302 g/mol. The highest BCUT2D eigenvalue weighted by Crippen LogP contribution is 2.23. The number of hydrogen-bond acceptors (Lipinski definition) is 5. The zero-order chi connectivity index (χ0) is 16.1. The fourth-order valence-corrected chi connectivity index (χ4v) is 2.61. The average Bonchev–Trinajstić information content (AvgIpc) is 2.47. The smallest absolute Gasteiger partial charge is 0.269 e. The largest absolute Gasteiger partial charge is 0.399 e. The van der Waals surface area contributed by atoms with Crippen molar-refractivity contribution in [2.24, 2.45) is 0 Å². The van der Waals surface area contributed by atoms with Crippen molar-refractivity contribution >= 4 is 34.7 Å². The number of nitro benzene ring substituents is 1. The standard InChI is InChI=1S/C15H15N3O3S/c1-10-7-12(18(20)21)5-6-14(10)17-15(19)9-22-13-4-2-3-11(16)8-13/h2-8H,9,16H2,1H3,(H,17,19). The molecular formula is C15H15N3O3S. The number of aryl methyl sites for hydroxylation is 1. The second kappa shape index (κ2) is 6.95. The minimum absolute atomic E-state index is 0.00429. The number of amides is 1. The topological polar surface area (TPSA) is 98.3 Å². The third-order valence-corrected chi connectivity index (χ3v) is 3.92. The van der Waals surface area contributed by atoms with Gasteiger partial charge in [-0.15, -0.1) is 11.8 Å². The van der Waals surface area contributed by atoms with E-state index in [1.807, 2.05) is 12.1 Å². The number of nitrogens with zero attached hydrogens (tertiary/aromatic N) is 1. The van der Waals surface area contributed by atoms with E-state index >= 15 is 0 Å². The van der Waals surface area contributed by atoms with Crippen LogP contribution in [-0.4, -0.2) is 16.6 Å². The number of nitrogens with two attached hydrogens (primary N) is 1. The zero-order valence-corrected chi connectivity index (χ0v) is 12.7. The molecule has 6 nitrogen and oxygen atoms in total. The van der Waals surface area contributed by atoms with Gasteiger partial charge in [-0.1, -0.05) is 6.07 Å². The van der Waals surface area contributed by atoms with Gasteiger partial charge in [0, 0.05) is 28.4 Å². The highest BCUT2D eigenvalue weighted by Gasteiger charge is 2.10. The van der Waals surface area contributed by atoms with Crippen molar-refractivity contribution in [1.29, 1.82) is 0 Å². The van der Waals surface area contributed by atoms with Crippen LogP contribution < -0.4 is 11.1 Å². The van der Waals surface area contributed by atoms with Crippen LogP contribution in [0, 0.1) is 17.0 Å². The predicted octanol–water partition coefficient (Wildman–Crippen LogP) is 3.22. The Morgan fingerprint density at radius 3 is 2.73 bits per heavy atom. The van der Waals surface area contributed by atoms with Crippen molar-refractivity contribution in [3.05, 3.63) is 58.1 Å². The first-order valence-corrected chi connectivity index (χ1v) is 7.47. The van der Waals surface area contributed by atoms with E-state index in [9.17, 15) is 14.9 Å². The van der Waals surface area contributed by atoms with Gasteiger partial charge in [-0.25, -0.2) is 0 Å². The summed E-state index contributed by atoms with van der Waals surface area (Å²) >= 11 is 1.38. The van der Waals surface area contributed by atoms with E-state index in [2.05, 4.69) is 5.32 Å². The van der Waals surface area contributed by atoms with Crippen LogP contribution in [0.3, 0.4) is 0 Å². The lowest BCUT2D eigenvalue weighted by Crippen LogP contribution is -2.14. The van der Waals surface area contributed by atoms with Gasteiger partial charge in [0.25, 0.3) is 5.69 Å². The molecule has 0 saturated heterocycles. The number of carbonyl (C=O) groups is 1. The molecule has 0 aromatic heterocycles. The first-order chi connectivity index (χ1) is 10.5. The van der Waals surface area contributed by atoms with Crippen molar-refractivity contribution in [2.45, 2.75) is 11.8 Å². The van der Waals surface area contributed by atoms with Gasteiger partial charge in [0.15, 0.2) is 0 Å². The predicted molar refractivity (Wildman–Crippen MR) is 88.0 cm³/mol. The van der Waals surface area contributed by atoms with Crippen molar-refractivity contribution in [2.75, 3.05) is 16.8 Å². The second-order valence-corrected chi connectivity index (χ2v) is 5.71. The number of nitro groups is 1. The van der Waals surface area contributed by atoms with E-state index in [1.54, 1.807) is 19.1 Å². The van der Waals surface area contributed by atoms with Crippen LogP contribution in [0.4, 0.5) is 17.1 Å². The van der Waals surface area contributed by atoms with Crippen LogP contribution in [0.5, 0.6) is 0 Å². The number of anilines is 2. The van der Waals surface area contributed by atoms with Crippen molar-refractivity contribution in [1.82, 2.24) is 0 Å². The van der Waals surface area contributed by atoms with Gasteiger partial charge in [0.2, 0.25) is 5.91 Å². The minimum atomic E-state index is -0.464. The molecule has 22 heavy (non-hydrogen) atoms. The number of nitrogens with one attached hydrogen (secondary N) is 1. The molecule has 0 heterocycles. The third-order valence-electron chi connectivity index (χ3n) is 2.92. The summed E-state index contributed by atoms with van der Waals surface area (Å²) in [4.78, 5) is 23.1. The fourth-order valence-electron chi connectivity index (χ4n) is 1.84. The van der Waals surface area contributed by atoms with Crippen molar-refractivity contribution in [3.8, 4) is 0 Å². The van der Waals surface area contributed by atoms with E-state index in [0.29, 0.717) is 16.9 Å². The van der Waals surface area contributed by atoms with E-state index < -0.39 is 4.92 Å². The lowest BCUT2D eigenvalue weighted by molar-refractivity contribution is -0.384. The third kappa shape index (κ3) is 4.23. The molecule has 2 rings (SSSR count).